The fourth-order valence-electron chi connectivity index (χ4n) is 3.80. The van der Waals surface area contributed by atoms with Crippen LogP contribution in [-0.4, -0.2) is 46.4 Å². The zero-order chi connectivity index (χ0) is 23.3. The Bertz CT molecular complexity index is 1020. The van der Waals surface area contributed by atoms with Crippen LogP contribution in [0.1, 0.15) is 60.9 Å². The van der Waals surface area contributed by atoms with Gasteiger partial charge in [0.15, 0.2) is 23.4 Å². The largest absolute Gasteiger partial charge is 0.481 e. The Morgan fingerprint density at radius 3 is 2.53 bits per heavy atom. The van der Waals surface area contributed by atoms with Crippen LogP contribution in [0.2, 0.25) is 0 Å². The molecule has 1 aliphatic carbocycles. The second-order valence-corrected chi connectivity index (χ2v) is 8.75. The summed E-state index contributed by atoms with van der Waals surface area (Å²) in [5, 5.41) is 3.97. The van der Waals surface area contributed by atoms with Gasteiger partial charge in [-0.15, -0.1) is 0 Å². The number of carbonyl (C=O) groups excluding carboxylic acids is 1. The van der Waals surface area contributed by atoms with Crippen molar-refractivity contribution in [1.82, 2.24) is 15.1 Å². The topological polar surface area (TPSA) is 87.3 Å². The molecule has 0 amide bonds. The average Bonchev–Trinajstić information content (AvgIpc) is 3.46. The van der Waals surface area contributed by atoms with E-state index in [0.717, 1.165) is 32.0 Å². The average molecular weight is 457 g/mol. The van der Waals surface area contributed by atoms with Crippen LogP contribution in [0.15, 0.2) is 16.8 Å². The highest BCUT2D eigenvalue weighted by atomic mass is 19.4. The summed E-state index contributed by atoms with van der Waals surface area (Å²) < 4.78 is 69.2. The Kier molecular flexibility index (Phi) is 5.51. The molecule has 2 atom stereocenters. The van der Waals surface area contributed by atoms with Gasteiger partial charge in [-0.05, 0) is 25.7 Å². The van der Waals surface area contributed by atoms with Crippen molar-refractivity contribution in [1.29, 1.82) is 0 Å². The lowest BCUT2D eigenvalue weighted by Gasteiger charge is -2.35. The van der Waals surface area contributed by atoms with Crippen LogP contribution in [0.25, 0.3) is 0 Å². The van der Waals surface area contributed by atoms with E-state index in [0.29, 0.717) is 11.7 Å². The molecule has 0 aromatic carbocycles. The molecule has 32 heavy (non-hydrogen) atoms. The van der Waals surface area contributed by atoms with Crippen molar-refractivity contribution < 1.29 is 36.4 Å². The standard InChI is InChI=1S/C21H23F4N3O4/c1-11(21(23,24)25)31-17-6-15(26-8-14(17)20(22)9-30-10-20)16(29)7-19(3,13-4-5-13)18-27-12(2)32-28-18/h6,8,11,13H,4-5,7,9-10H2,1-3H3/t11-,19-/m0/s1. The van der Waals surface area contributed by atoms with E-state index >= 15 is 0 Å². The van der Waals surface area contributed by atoms with Gasteiger partial charge in [0, 0.05) is 31.0 Å². The first-order valence-corrected chi connectivity index (χ1v) is 10.3. The number of Topliss-reactive ketones (excluding diaryl/α,β-unsaturated/α-hetero) is 1. The molecule has 0 unspecified atom stereocenters. The van der Waals surface area contributed by atoms with E-state index in [2.05, 4.69) is 15.1 Å². The maximum atomic E-state index is 14.9. The second-order valence-electron chi connectivity index (χ2n) is 8.75. The van der Waals surface area contributed by atoms with E-state index < -0.39 is 29.1 Å². The molecule has 7 nitrogen and oxygen atoms in total. The molecule has 11 heteroatoms. The summed E-state index contributed by atoms with van der Waals surface area (Å²) in [6, 6.07) is 1.08. The first-order valence-electron chi connectivity index (χ1n) is 10.3. The smallest absolute Gasteiger partial charge is 0.425 e. The Hall–Kier alpha value is -2.56. The van der Waals surface area contributed by atoms with Gasteiger partial charge >= 0.3 is 6.18 Å². The van der Waals surface area contributed by atoms with Gasteiger partial charge in [0.25, 0.3) is 0 Å². The minimum atomic E-state index is -4.66. The lowest BCUT2D eigenvalue weighted by molar-refractivity contribution is -0.190. The summed E-state index contributed by atoms with van der Waals surface area (Å²) in [4.78, 5) is 21.4. The van der Waals surface area contributed by atoms with E-state index in [9.17, 15) is 22.4 Å². The van der Waals surface area contributed by atoms with Gasteiger partial charge in [0.2, 0.25) is 5.89 Å². The number of rotatable bonds is 8. The number of aryl methyl sites for hydroxylation is 1. The molecule has 1 saturated carbocycles. The Morgan fingerprint density at radius 2 is 2.03 bits per heavy atom. The minimum absolute atomic E-state index is 0.0267. The van der Waals surface area contributed by atoms with E-state index in [4.69, 9.17) is 14.0 Å². The van der Waals surface area contributed by atoms with E-state index in [1.54, 1.807) is 6.92 Å². The number of alkyl halides is 4. The molecule has 0 N–H and O–H groups in total. The number of aromatic nitrogens is 3. The molecule has 0 radical (unpaired) electrons. The molecule has 2 aromatic rings. The van der Waals surface area contributed by atoms with Gasteiger partial charge in [-0.1, -0.05) is 12.1 Å². The molecule has 4 rings (SSSR count). The third-order valence-electron chi connectivity index (χ3n) is 6.11. The first-order chi connectivity index (χ1) is 14.9. The molecule has 2 aromatic heterocycles. The number of ether oxygens (including phenoxy) is 2. The normalized spacial score (nSPS) is 20.8. The second kappa shape index (κ2) is 7.79. The van der Waals surface area contributed by atoms with Crippen molar-refractivity contribution in [2.45, 2.75) is 63.4 Å². The highest BCUT2D eigenvalue weighted by molar-refractivity contribution is 5.95. The maximum Gasteiger partial charge on any atom is 0.425 e. The maximum absolute atomic E-state index is 14.9. The number of ketones is 1. The van der Waals surface area contributed by atoms with Crippen molar-refractivity contribution in [2.75, 3.05) is 13.2 Å². The highest BCUT2D eigenvalue weighted by Gasteiger charge is 2.48. The van der Waals surface area contributed by atoms with Crippen molar-refractivity contribution in [2.24, 2.45) is 5.92 Å². The Labute approximate surface area is 181 Å². The minimum Gasteiger partial charge on any atom is -0.481 e. The van der Waals surface area contributed by atoms with Crippen LogP contribution in [-0.2, 0) is 15.8 Å². The molecule has 174 valence electrons. The number of halogens is 4. The van der Waals surface area contributed by atoms with Crippen LogP contribution in [0, 0.1) is 12.8 Å². The molecule has 3 heterocycles. The number of hydrogen-bond donors (Lipinski definition) is 0. The molecular weight excluding hydrogens is 434 g/mol. The van der Waals surface area contributed by atoms with E-state index in [1.165, 1.54) is 0 Å². The summed E-state index contributed by atoms with van der Waals surface area (Å²) in [5.74, 6) is 0.136. The summed E-state index contributed by atoms with van der Waals surface area (Å²) in [5.41, 5.74) is -3.01. The third-order valence-corrected chi connectivity index (χ3v) is 6.11. The number of hydrogen-bond acceptors (Lipinski definition) is 7. The predicted octanol–water partition coefficient (Wildman–Crippen LogP) is 4.24. The van der Waals surface area contributed by atoms with Crippen molar-refractivity contribution in [3.8, 4) is 5.75 Å². The Morgan fingerprint density at radius 1 is 1.34 bits per heavy atom. The van der Waals surface area contributed by atoms with Crippen LogP contribution in [0.5, 0.6) is 5.75 Å². The Balaban J connectivity index is 1.64. The first kappa shape index (κ1) is 22.6. The van der Waals surface area contributed by atoms with E-state index in [-0.39, 0.29) is 42.6 Å². The number of carbonyl (C=O) groups is 1. The van der Waals surface area contributed by atoms with E-state index in [1.807, 2.05) is 6.92 Å². The van der Waals surface area contributed by atoms with Crippen molar-refractivity contribution >= 4 is 5.78 Å². The molecule has 1 saturated heterocycles. The summed E-state index contributed by atoms with van der Waals surface area (Å²) >= 11 is 0. The third kappa shape index (κ3) is 4.22. The highest BCUT2D eigenvalue weighted by Crippen LogP contribution is 2.49. The molecule has 1 aliphatic heterocycles. The van der Waals surface area contributed by atoms with Gasteiger partial charge in [0.1, 0.15) is 11.4 Å². The van der Waals surface area contributed by atoms with Crippen LogP contribution < -0.4 is 4.74 Å². The molecule has 2 aliphatic rings. The van der Waals surface area contributed by atoms with Crippen LogP contribution >= 0.6 is 0 Å². The fourth-order valence-corrected chi connectivity index (χ4v) is 3.80. The number of pyridine rings is 1. The van der Waals surface area contributed by atoms with Crippen molar-refractivity contribution in [3.63, 3.8) is 0 Å². The molecular formula is C21H23F4N3O4. The zero-order valence-corrected chi connectivity index (χ0v) is 17.8. The van der Waals surface area contributed by atoms with Gasteiger partial charge < -0.3 is 14.0 Å². The van der Waals surface area contributed by atoms with Gasteiger partial charge in [-0.2, -0.15) is 18.2 Å². The molecule has 0 spiro atoms. The van der Waals surface area contributed by atoms with Crippen LogP contribution in [0.4, 0.5) is 17.6 Å². The lowest BCUT2D eigenvalue weighted by atomic mass is 9.78. The van der Waals surface area contributed by atoms with Crippen LogP contribution in [0.3, 0.4) is 0 Å². The summed E-state index contributed by atoms with van der Waals surface area (Å²) in [6.45, 7) is 3.67. The molecule has 2 fully saturated rings. The monoisotopic (exact) mass is 457 g/mol. The molecule has 0 bridgehead atoms. The lowest BCUT2D eigenvalue weighted by Crippen LogP contribution is -2.43. The summed E-state index contributed by atoms with van der Waals surface area (Å²) in [7, 11) is 0. The number of nitrogens with zero attached hydrogens (tertiary/aromatic N) is 3. The zero-order valence-electron chi connectivity index (χ0n) is 17.8. The van der Waals surface area contributed by atoms with Gasteiger partial charge in [0.05, 0.1) is 18.8 Å². The SMILES string of the molecule is Cc1nc([C@@](C)(CC(=O)c2cc(O[C@@H](C)C(F)(F)F)c(C3(F)COC3)cn2)C2CC2)no1. The quantitative estimate of drug-likeness (QED) is 0.433. The fraction of sp³-hybridized carbons (Fsp3) is 0.619. The summed E-state index contributed by atoms with van der Waals surface area (Å²) in [6.07, 6.45) is -4.04. The predicted molar refractivity (Wildman–Crippen MR) is 102 cm³/mol. The van der Waals surface area contributed by atoms with Gasteiger partial charge in [-0.25, -0.2) is 4.39 Å². The van der Waals surface area contributed by atoms with Crippen molar-refractivity contribution in [3.05, 3.63) is 35.2 Å². The van der Waals surface area contributed by atoms with Gasteiger partial charge in [-0.3, -0.25) is 9.78 Å².